The number of thiazole rings is 1. The van der Waals surface area contributed by atoms with E-state index in [0.29, 0.717) is 15.8 Å². The van der Waals surface area contributed by atoms with Gasteiger partial charge in [-0.05, 0) is 43.0 Å². The summed E-state index contributed by atoms with van der Waals surface area (Å²) in [6.07, 6.45) is 3.68. The van der Waals surface area contributed by atoms with Crippen LogP contribution in [0.15, 0.2) is 36.4 Å². The van der Waals surface area contributed by atoms with Gasteiger partial charge in [-0.15, -0.1) is 11.3 Å². The van der Waals surface area contributed by atoms with Crippen molar-refractivity contribution in [3.8, 4) is 11.1 Å². The summed E-state index contributed by atoms with van der Waals surface area (Å²) in [5, 5.41) is 3.46. The first-order chi connectivity index (χ1) is 17.6. The first-order valence-corrected chi connectivity index (χ1v) is 14.6. The first kappa shape index (κ1) is 25.3. The van der Waals surface area contributed by atoms with E-state index in [2.05, 4.69) is 15.6 Å². The number of sulfone groups is 1. The Morgan fingerprint density at radius 3 is 2.46 bits per heavy atom. The minimum atomic E-state index is -3.94. The van der Waals surface area contributed by atoms with Crippen LogP contribution in [0.4, 0.5) is 4.39 Å². The maximum atomic E-state index is 15.0. The fraction of sp³-hybridized carbons (Fsp3) is 0.360. The highest BCUT2D eigenvalue weighted by atomic mass is 32.2. The van der Waals surface area contributed by atoms with Crippen molar-refractivity contribution < 1.29 is 27.2 Å². The van der Waals surface area contributed by atoms with Gasteiger partial charge in [0.15, 0.2) is 15.1 Å². The standard InChI is InChI=1S/C25H25FN4O5S2/c1-37(34,35)22(23(32)27-13-21(31)28-16-7-8-16)24-29-19-12-18(26)17(11-20(19)36-24)14-3-5-15(6-4-14)25(33)30-9-2-10-30/h3-6,11-12,16,22H,2,7-10,13H2,1H3,(H,27,32)(H,28,31). The van der Waals surface area contributed by atoms with Crippen molar-refractivity contribution in [2.75, 3.05) is 25.9 Å². The van der Waals surface area contributed by atoms with Crippen LogP contribution in [0.25, 0.3) is 21.3 Å². The largest absolute Gasteiger partial charge is 0.352 e. The highest BCUT2D eigenvalue weighted by Crippen LogP contribution is 2.35. The molecule has 2 aromatic carbocycles. The van der Waals surface area contributed by atoms with Crippen LogP contribution in [0, 0.1) is 5.82 Å². The normalized spacial score (nSPS) is 16.2. The van der Waals surface area contributed by atoms with Gasteiger partial charge in [-0.3, -0.25) is 14.4 Å². The highest BCUT2D eigenvalue weighted by molar-refractivity contribution is 7.91. The van der Waals surface area contributed by atoms with Gasteiger partial charge in [-0.2, -0.15) is 0 Å². The number of amides is 3. The second-order valence-corrected chi connectivity index (χ2v) is 12.5. The Morgan fingerprint density at radius 1 is 1.16 bits per heavy atom. The summed E-state index contributed by atoms with van der Waals surface area (Å²) in [4.78, 5) is 43.1. The Balaban J connectivity index is 1.39. The maximum Gasteiger partial charge on any atom is 0.253 e. The zero-order valence-electron chi connectivity index (χ0n) is 20.0. The van der Waals surface area contributed by atoms with Crippen molar-refractivity contribution in [3.05, 3.63) is 52.8 Å². The number of nitrogens with zero attached hydrogens (tertiary/aromatic N) is 2. The number of carbonyl (C=O) groups is 3. The second kappa shape index (κ2) is 9.82. The number of rotatable bonds is 8. The molecule has 1 aromatic heterocycles. The molecule has 1 atom stereocenters. The van der Waals surface area contributed by atoms with Gasteiger partial charge in [0.25, 0.3) is 5.91 Å². The molecule has 3 aromatic rings. The Hall–Kier alpha value is -3.38. The summed E-state index contributed by atoms with van der Waals surface area (Å²) >= 11 is 0.976. The maximum absolute atomic E-state index is 15.0. The SMILES string of the molecule is CS(=O)(=O)C(C(=O)NCC(=O)NC1CC1)c1nc2cc(F)c(-c3ccc(C(=O)N4CCC4)cc3)cc2s1. The van der Waals surface area contributed by atoms with E-state index >= 15 is 4.39 Å². The van der Waals surface area contributed by atoms with E-state index in [0.717, 1.165) is 49.9 Å². The highest BCUT2D eigenvalue weighted by Gasteiger charge is 2.34. The molecule has 3 amide bonds. The van der Waals surface area contributed by atoms with E-state index < -0.39 is 32.7 Å². The van der Waals surface area contributed by atoms with Gasteiger partial charge in [0, 0.05) is 42.6 Å². The Bertz CT molecular complexity index is 1500. The van der Waals surface area contributed by atoms with Crippen LogP contribution in [-0.4, -0.2) is 68.0 Å². The molecular formula is C25H25FN4O5S2. The smallest absolute Gasteiger partial charge is 0.253 e. The lowest BCUT2D eigenvalue weighted by Gasteiger charge is -2.30. The van der Waals surface area contributed by atoms with Crippen molar-refractivity contribution in [3.63, 3.8) is 0 Å². The van der Waals surface area contributed by atoms with Gasteiger partial charge >= 0.3 is 0 Å². The van der Waals surface area contributed by atoms with Crippen LogP contribution in [0.5, 0.6) is 0 Å². The van der Waals surface area contributed by atoms with Gasteiger partial charge in [-0.25, -0.2) is 17.8 Å². The third-order valence-corrected chi connectivity index (χ3v) is 8.86. The molecule has 5 rings (SSSR count). The molecule has 9 nitrogen and oxygen atoms in total. The molecule has 2 aliphatic rings. The Kier molecular flexibility index (Phi) is 6.71. The van der Waals surface area contributed by atoms with Crippen molar-refractivity contribution in [1.82, 2.24) is 20.5 Å². The van der Waals surface area contributed by atoms with Crippen LogP contribution in [-0.2, 0) is 19.4 Å². The molecule has 194 valence electrons. The van der Waals surface area contributed by atoms with Gasteiger partial charge in [0.05, 0.1) is 16.8 Å². The molecule has 1 saturated heterocycles. The summed E-state index contributed by atoms with van der Waals surface area (Å²) in [6, 6.07) is 9.50. The van der Waals surface area contributed by atoms with Crippen molar-refractivity contribution >= 4 is 49.1 Å². The molecule has 2 fully saturated rings. The fourth-order valence-corrected chi connectivity index (χ4v) is 6.58. The second-order valence-electron chi connectivity index (χ2n) is 9.34. The third kappa shape index (κ3) is 5.49. The Labute approximate surface area is 217 Å². The quantitative estimate of drug-likeness (QED) is 0.449. The average Bonchev–Trinajstić information content (AvgIpc) is 3.52. The third-order valence-electron chi connectivity index (χ3n) is 6.34. The lowest BCUT2D eigenvalue weighted by atomic mass is 10.0. The zero-order valence-corrected chi connectivity index (χ0v) is 21.6. The monoisotopic (exact) mass is 544 g/mol. The topological polar surface area (TPSA) is 126 Å². The van der Waals surface area contributed by atoms with E-state index in [4.69, 9.17) is 0 Å². The van der Waals surface area contributed by atoms with Crippen LogP contribution < -0.4 is 10.6 Å². The van der Waals surface area contributed by atoms with E-state index in [1.807, 2.05) is 0 Å². The van der Waals surface area contributed by atoms with E-state index in [1.165, 1.54) is 6.07 Å². The van der Waals surface area contributed by atoms with Crippen molar-refractivity contribution in [1.29, 1.82) is 0 Å². The molecule has 1 aliphatic heterocycles. The number of aromatic nitrogens is 1. The number of likely N-dealkylation sites (tertiary alicyclic amines) is 1. The predicted octanol–water partition coefficient (Wildman–Crippen LogP) is 2.43. The van der Waals surface area contributed by atoms with Crippen LogP contribution in [0.2, 0.25) is 0 Å². The van der Waals surface area contributed by atoms with Crippen LogP contribution in [0.3, 0.4) is 0 Å². The molecule has 37 heavy (non-hydrogen) atoms. The summed E-state index contributed by atoms with van der Waals surface area (Å²) in [5.74, 6) is -1.88. The van der Waals surface area contributed by atoms with E-state index in [1.54, 1.807) is 35.2 Å². The molecule has 2 N–H and O–H groups in total. The summed E-state index contributed by atoms with van der Waals surface area (Å²) in [7, 11) is -3.94. The molecule has 1 saturated carbocycles. The van der Waals surface area contributed by atoms with Gasteiger partial charge in [0.1, 0.15) is 10.8 Å². The summed E-state index contributed by atoms with van der Waals surface area (Å²) < 4.78 is 40.5. The molecule has 0 bridgehead atoms. The van der Waals surface area contributed by atoms with Gasteiger partial charge in [0.2, 0.25) is 11.8 Å². The van der Waals surface area contributed by atoms with Gasteiger partial charge in [-0.1, -0.05) is 12.1 Å². The van der Waals surface area contributed by atoms with Gasteiger partial charge < -0.3 is 15.5 Å². The minimum Gasteiger partial charge on any atom is -0.352 e. The number of nitrogens with one attached hydrogen (secondary N) is 2. The molecule has 0 spiro atoms. The lowest BCUT2D eigenvalue weighted by Crippen LogP contribution is -2.41. The number of halogens is 1. The number of benzene rings is 2. The lowest BCUT2D eigenvalue weighted by molar-refractivity contribution is -0.126. The molecular weight excluding hydrogens is 519 g/mol. The Morgan fingerprint density at radius 2 is 1.86 bits per heavy atom. The molecule has 1 aliphatic carbocycles. The van der Waals surface area contributed by atoms with E-state index in [-0.39, 0.29) is 34.6 Å². The number of hydrogen-bond acceptors (Lipinski definition) is 7. The summed E-state index contributed by atoms with van der Waals surface area (Å²) in [5.41, 5.74) is 1.56. The molecule has 2 heterocycles. The number of carbonyl (C=O) groups excluding carboxylic acids is 3. The van der Waals surface area contributed by atoms with Crippen molar-refractivity contribution in [2.24, 2.45) is 0 Å². The minimum absolute atomic E-state index is 0.00959. The average molecular weight is 545 g/mol. The zero-order chi connectivity index (χ0) is 26.3. The first-order valence-electron chi connectivity index (χ1n) is 11.9. The van der Waals surface area contributed by atoms with Crippen LogP contribution >= 0.6 is 11.3 Å². The van der Waals surface area contributed by atoms with Crippen LogP contribution in [0.1, 0.15) is 39.9 Å². The van der Waals surface area contributed by atoms with E-state index in [9.17, 15) is 22.8 Å². The fourth-order valence-electron chi connectivity index (χ4n) is 4.05. The molecule has 0 radical (unpaired) electrons. The number of fused-ring (bicyclic) bond motifs is 1. The molecule has 12 heteroatoms. The van der Waals surface area contributed by atoms with Crippen molar-refractivity contribution in [2.45, 2.75) is 30.6 Å². The predicted molar refractivity (Wildman–Crippen MR) is 137 cm³/mol. The number of hydrogen-bond donors (Lipinski definition) is 2. The summed E-state index contributed by atoms with van der Waals surface area (Å²) in [6.45, 7) is 1.13. The molecule has 1 unspecified atom stereocenters.